The molecule has 0 aliphatic carbocycles. The maximum atomic E-state index is 11.1. The molecule has 0 radical (unpaired) electrons. The molecule has 0 fully saturated rings. The van der Waals surface area contributed by atoms with Gasteiger partial charge in [0, 0.05) is 11.2 Å². The second-order valence-electron chi connectivity index (χ2n) is 3.63. The van der Waals surface area contributed by atoms with Crippen molar-refractivity contribution < 1.29 is 4.79 Å². The molecule has 2 heteroatoms. The average Bonchev–Trinajstić information content (AvgIpc) is 2.43. The molecular formula is C12H13NO. The van der Waals surface area contributed by atoms with Crippen molar-refractivity contribution in [2.24, 2.45) is 0 Å². The molecule has 0 spiro atoms. The fraction of sp³-hybridized carbons (Fsp3) is 0.250. The van der Waals surface area contributed by atoms with Crippen LogP contribution in [0, 0.1) is 6.92 Å². The number of para-hydroxylation sites is 1. The SMILES string of the molecule is CC(=O)Cn1c(C)cc2ccccc21. The van der Waals surface area contributed by atoms with Gasteiger partial charge in [0.15, 0.2) is 0 Å². The molecule has 72 valence electrons. The lowest BCUT2D eigenvalue weighted by molar-refractivity contribution is -0.117. The van der Waals surface area contributed by atoms with Crippen molar-refractivity contribution in [1.29, 1.82) is 0 Å². The number of ketones is 1. The molecule has 0 N–H and O–H groups in total. The molecule has 2 nitrogen and oxygen atoms in total. The summed E-state index contributed by atoms with van der Waals surface area (Å²) in [7, 11) is 0. The van der Waals surface area contributed by atoms with Crippen molar-refractivity contribution >= 4 is 16.7 Å². The van der Waals surface area contributed by atoms with E-state index in [9.17, 15) is 4.79 Å². The lowest BCUT2D eigenvalue weighted by atomic mass is 10.2. The van der Waals surface area contributed by atoms with Crippen molar-refractivity contribution in [2.45, 2.75) is 20.4 Å². The van der Waals surface area contributed by atoms with E-state index >= 15 is 0 Å². The lowest BCUT2D eigenvalue weighted by Gasteiger charge is -2.04. The molecule has 1 aromatic carbocycles. The molecule has 0 saturated carbocycles. The fourth-order valence-electron chi connectivity index (χ4n) is 1.78. The van der Waals surface area contributed by atoms with Crippen molar-refractivity contribution in [1.82, 2.24) is 4.57 Å². The van der Waals surface area contributed by atoms with Gasteiger partial charge >= 0.3 is 0 Å². The Hall–Kier alpha value is -1.57. The molecule has 0 bridgehead atoms. The molecule has 2 aromatic rings. The van der Waals surface area contributed by atoms with Crippen LogP contribution in [0.15, 0.2) is 30.3 Å². The number of carbonyl (C=O) groups is 1. The molecule has 14 heavy (non-hydrogen) atoms. The summed E-state index contributed by atoms with van der Waals surface area (Å²) in [4.78, 5) is 11.1. The minimum absolute atomic E-state index is 0.189. The van der Waals surface area contributed by atoms with Crippen LogP contribution >= 0.6 is 0 Å². The van der Waals surface area contributed by atoms with Gasteiger partial charge in [-0.15, -0.1) is 0 Å². The van der Waals surface area contributed by atoms with E-state index in [4.69, 9.17) is 0 Å². The summed E-state index contributed by atoms with van der Waals surface area (Å²) in [5.41, 5.74) is 2.28. The topological polar surface area (TPSA) is 22.0 Å². The molecule has 0 unspecified atom stereocenters. The van der Waals surface area contributed by atoms with Crippen LogP contribution in [0.4, 0.5) is 0 Å². The predicted molar refractivity (Wildman–Crippen MR) is 57.4 cm³/mol. The zero-order chi connectivity index (χ0) is 10.1. The number of nitrogens with zero attached hydrogens (tertiary/aromatic N) is 1. The van der Waals surface area contributed by atoms with Crippen molar-refractivity contribution in [3.8, 4) is 0 Å². The maximum absolute atomic E-state index is 11.1. The number of aromatic nitrogens is 1. The lowest BCUT2D eigenvalue weighted by Crippen LogP contribution is -2.06. The Labute approximate surface area is 83.2 Å². The first-order chi connectivity index (χ1) is 6.68. The van der Waals surface area contributed by atoms with Gasteiger partial charge in [-0.3, -0.25) is 4.79 Å². The highest BCUT2D eigenvalue weighted by atomic mass is 16.1. The Bertz CT molecular complexity index is 482. The van der Waals surface area contributed by atoms with Crippen LogP contribution in [0.1, 0.15) is 12.6 Å². The van der Waals surface area contributed by atoms with E-state index in [2.05, 4.69) is 16.7 Å². The monoisotopic (exact) mass is 187 g/mol. The third kappa shape index (κ3) is 1.43. The summed E-state index contributed by atoms with van der Waals surface area (Å²) in [6.45, 7) is 4.12. The second-order valence-corrected chi connectivity index (χ2v) is 3.63. The highest BCUT2D eigenvalue weighted by Crippen LogP contribution is 2.18. The quantitative estimate of drug-likeness (QED) is 0.708. The average molecular weight is 187 g/mol. The number of hydrogen-bond acceptors (Lipinski definition) is 1. The van der Waals surface area contributed by atoms with Gasteiger partial charge in [-0.2, -0.15) is 0 Å². The summed E-state index contributed by atoms with van der Waals surface area (Å²) in [5.74, 6) is 0.189. The van der Waals surface area contributed by atoms with E-state index in [-0.39, 0.29) is 5.78 Å². The number of hydrogen-bond donors (Lipinski definition) is 0. The summed E-state index contributed by atoms with van der Waals surface area (Å²) >= 11 is 0. The van der Waals surface area contributed by atoms with Gasteiger partial charge in [0.25, 0.3) is 0 Å². The normalized spacial score (nSPS) is 10.7. The first-order valence-corrected chi connectivity index (χ1v) is 4.73. The van der Waals surface area contributed by atoms with Crippen LogP contribution in [0.5, 0.6) is 0 Å². The van der Waals surface area contributed by atoms with E-state index in [0.717, 1.165) is 11.2 Å². The van der Waals surface area contributed by atoms with Crippen LogP contribution < -0.4 is 0 Å². The number of Topliss-reactive ketones (excluding diaryl/α,β-unsaturated/α-hetero) is 1. The van der Waals surface area contributed by atoms with E-state index in [1.165, 1.54) is 5.39 Å². The van der Waals surface area contributed by atoms with Crippen LogP contribution in [0.2, 0.25) is 0 Å². The molecule has 1 heterocycles. The van der Waals surface area contributed by atoms with Gasteiger partial charge in [0.1, 0.15) is 5.78 Å². The highest BCUT2D eigenvalue weighted by Gasteiger charge is 2.05. The van der Waals surface area contributed by atoms with E-state index < -0.39 is 0 Å². The number of carbonyl (C=O) groups excluding carboxylic acids is 1. The molecule has 0 aliphatic rings. The Kier molecular flexibility index (Phi) is 2.12. The smallest absolute Gasteiger partial charge is 0.149 e. The van der Waals surface area contributed by atoms with Crippen LogP contribution in [0.3, 0.4) is 0 Å². The van der Waals surface area contributed by atoms with Crippen LogP contribution in [-0.2, 0) is 11.3 Å². The van der Waals surface area contributed by atoms with Crippen LogP contribution in [0.25, 0.3) is 10.9 Å². The van der Waals surface area contributed by atoms with Crippen molar-refractivity contribution in [3.05, 3.63) is 36.0 Å². The van der Waals surface area contributed by atoms with Crippen molar-refractivity contribution in [2.75, 3.05) is 0 Å². The Morgan fingerprint density at radius 1 is 1.36 bits per heavy atom. The van der Waals surface area contributed by atoms with Gasteiger partial charge in [0.2, 0.25) is 0 Å². The molecule has 0 atom stereocenters. The largest absolute Gasteiger partial charge is 0.337 e. The van der Waals surface area contributed by atoms with Crippen LogP contribution in [-0.4, -0.2) is 10.4 Å². The Morgan fingerprint density at radius 3 is 2.79 bits per heavy atom. The number of rotatable bonds is 2. The molecule has 2 rings (SSSR count). The molecule has 1 aromatic heterocycles. The summed E-state index contributed by atoms with van der Waals surface area (Å²) < 4.78 is 2.05. The number of benzene rings is 1. The molecular weight excluding hydrogens is 174 g/mol. The van der Waals surface area contributed by atoms with Gasteiger partial charge in [-0.25, -0.2) is 0 Å². The molecule has 0 amide bonds. The molecule has 0 aliphatic heterocycles. The van der Waals surface area contributed by atoms with E-state index in [1.54, 1.807) is 6.92 Å². The summed E-state index contributed by atoms with van der Waals surface area (Å²) in [6.07, 6.45) is 0. The van der Waals surface area contributed by atoms with Crippen molar-refractivity contribution in [3.63, 3.8) is 0 Å². The zero-order valence-electron chi connectivity index (χ0n) is 8.45. The maximum Gasteiger partial charge on any atom is 0.149 e. The highest BCUT2D eigenvalue weighted by molar-refractivity contribution is 5.84. The van der Waals surface area contributed by atoms with E-state index in [0.29, 0.717) is 6.54 Å². The number of aryl methyl sites for hydroxylation is 1. The first kappa shape index (κ1) is 9.00. The van der Waals surface area contributed by atoms with Gasteiger partial charge in [-0.05, 0) is 31.4 Å². The van der Waals surface area contributed by atoms with Gasteiger partial charge < -0.3 is 4.57 Å². The van der Waals surface area contributed by atoms with Gasteiger partial charge in [-0.1, -0.05) is 18.2 Å². The summed E-state index contributed by atoms with van der Waals surface area (Å²) in [5, 5.41) is 1.20. The van der Waals surface area contributed by atoms with Gasteiger partial charge in [0.05, 0.1) is 6.54 Å². The third-order valence-electron chi connectivity index (χ3n) is 2.40. The Morgan fingerprint density at radius 2 is 2.07 bits per heavy atom. The molecule has 0 saturated heterocycles. The fourth-order valence-corrected chi connectivity index (χ4v) is 1.78. The standard InChI is InChI=1S/C12H13NO/c1-9-7-11-5-3-4-6-12(11)13(9)8-10(2)14/h3-7H,8H2,1-2H3. The minimum atomic E-state index is 0.189. The predicted octanol–water partition coefficient (Wildman–Crippen LogP) is 2.54. The Balaban J connectivity index is 2.62. The minimum Gasteiger partial charge on any atom is -0.337 e. The zero-order valence-corrected chi connectivity index (χ0v) is 8.45. The summed E-state index contributed by atoms with van der Waals surface area (Å²) in [6, 6.07) is 10.2. The first-order valence-electron chi connectivity index (χ1n) is 4.73. The third-order valence-corrected chi connectivity index (χ3v) is 2.40. The second kappa shape index (κ2) is 3.29. The van der Waals surface area contributed by atoms with E-state index in [1.807, 2.05) is 25.1 Å². The number of fused-ring (bicyclic) bond motifs is 1.